The molecule has 4 heteroatoms. The second kappa shape index (κ2) is 4.37. The Morgan fingerprint density at radius 1 is 1.06 bits per heavy atom. The lowest BCUT2D eigenvalue weighted by Crippen LogP contribution is -2.19. The van der Waals surface area contributed by atoms with Gasteiger partial charge >= 0.3 is 0 Å². The van der Waals surface area contributed by atoms with Gasteiger partial charge in [0, 0.05) is 24.0 Å². The van der Waals surface area contributed by atoms with Crippen LogP contribution in [0.4, 0.5) is 13.2 Å². The molecule has 18 heavy (non-hydrogen) atoms. The molecule has 1 aliphatic heterocycles. The number of rotatable bonds is 1. The number of nitrogens with zero attached hydrogens (tertiary/aromatic N) is 1. The molecule has 1 aromatic carbocycles. The fourth-order valence-electron chi connectivity index (χ4n) is 1.82. The van der Waals surface area contributed by atoms with Crippen molar-refractivity contribution < 1.29 is 13.2 Å². The number of hydrogen-bond acceptors (Lipinski definition) is 1. The molecule has 0 spiro atoms. The van der Waals surface area contributed by atoms with Crippen LogP contribution in [-0.4, -0.2) is 11.9 Å². The molecule has 94 valence electrons. The molecule has 0 fully saturated rings. The van der Waals surface area contributed by atoms with Crippen LogP contribution in [0.1, 0.15) is 12.5 Å². The van der Waals surface area contributed by atoms with Crippen molar-refractivity contribution in [3.63, 3.8) is 0 Å². The maximum absolute atomic E-state index is 13.2. The summed E-state index contributed by atoms with van der Waals surface area (Å²) in [4.78, 5) is 1.71. The van der Waals surface area contributed by atoms with Crippen LogP contribution in [0.25, 0.3) is 5.70 Å². The second-order valence-electron chi connectivity index (χ2n) is 4.16. The highest BCUT2D eigenvalue weighted by atomic mass is 19.2. The second-order valence-corrected chi connectivity index (χ2v) is 4.16. The molecular weight excluding hydrogens is 239 g/mol. The zero-order valence-corrected chi connectivity index (χ0v) is 10.1. The Morgan fingerprint density at radius 2 is 1.61 bits per heavy atom. The number of allylic oxidation sites excluding steroid dienone is 3. The van der Waals surface area contributed by atoms with E-state index in [1.807, 2.05) is 6.92 Å². The summed E-state index contributed by atoms with van der Waals surface area (Å²) in [6.45, 7) is 5.76. The van der Waals surface area contributed by atoms with Gasteiger partial charge in [-0.2, -0.15) is 0 Å². The molecule has 0 aliphatic carbocycles. The van der Waals surface area contributed by atoms with Crippen molar-refractivity contribution in [2.45, 2.75) is 6.92 Å². The van der Waals surface area contributed by atoms with Gasteiger partial charge in [0.25, 0.3) is 0 Å². The molecule has 0 saturated heterocycles. The van der Waals surface area contributed by atoms with Gasteiger partial charge in [-0.05, 0) is 30.7 Å². The summed E-state index contributed by atoms with van der Waals surface area (Å²) in [7, 11) is 1.74. The van der Waals surface area contributed by atoms with Crippen LogP contribution in [-0.2, 0) is 0 Å². The van der Waals surface area contributed by atoms with Gasteiger partial charge in [0.1, 0.15) is 0 Å². The third-order valence-corrected chi connectivity index (χ3v) is 2.99. The van der Waals surface area contributed by atoms with E-state index in [4.69, 9.17) is 0 Å². The van der Waals surface area contributed by atoms with Gasteiger partial charge < -0.3 is 4.90 Å². The number of hydrogen-bond donors (Lipinski definition) is 0. The van der Waals surface area contributed by atoms with E-state index in [1.54, 1.807) is 24.1 Å². The Bertz CT molecular complexity index is 562. The molecule has 0 aromatic heterocycles. The van der Waals surface area contributed by atoms with Crippen LogP contribution in [0.15, 0.2) is 42.1 Å². The van der Waals surface area contributed by atoms with E-state index >= 15 is 0 Å². The summed E-state index contributed by atoms with van der Waals surface area (Å²) < 4.78 is 39.3. The molecule has 0 unspecified atom stereocenters. The topological polar surface area (TPSA) is 3.24 Å². The van der Waals surface area contributed by atoms with Gasteiger partial charge in [-0.25, -0.2) is 13.2 Å². The third-order valence-electron chi connectivity index (χ3n) is 2.99. The van der Waals surface area contributed by atoms with Crippen molar-refractivity contribution >= 4 is 5.70 Å². The first-order chi connectivity index (χ1) is 8.41. The largest absolute Gasteiger partial charge is 0.344 e. The molecule has 0 radical (unpaired) electrons. The summed E-state index contributed by atoms with van der Waals surface area (Å²) >= 11 is 0. The predicted octanol–water partition coefficient (Wildman–Crippen LogP) is 3.85. The van der Waals surface area contributed by atoms with Crippen LogP contribution in [0.3, 0.4) is 0 Å². The van der Waals surface area contributed by atoms with Crippen molar-refractivity contribution in [3.05, 3.63) is 65.1 Å². The zero-order chi connectivity index (χ0) is 13.4. The fraction of sp³-hybridized carbons (Fsp3) is 0.143. The van der Waals surface area contributed by atoms with E-state index < -0.39 is 17.5 Å². The van der Waals surface area contributed by atoms with E-state index in [0.29, 0.717) is 5.70 Å². The van der Waals surface area contributed by atoms with Gasteiger partial charge in [-0.3, -0.25) is 0 Å². The summed E-state index contributed by atoms with van der Waals surface area (Å²) in [5, 5.41) is 0. The van der Waals surface area contributed by atoms with Crippen LogP contribution in [0.5, 0.6) is 0 Å². The minimum Gasteiger partial charge on any atom is -0.344 e. The monoisotopic (exact) mass is 251 g/mol. The van der Waals surface area contributed by atoms with Crippen LogP contribution < -0.4 is 0 Å². The van der Waals surface area contributed by atoms with Gasteiger partial charge in [-0.1, -0.05) is 12.7 Å². The summed E-state index contributed by atoms with van der Waals surface area (Å²) in [6.07, 6.45) is 3.52. The molecule has 1 aromatic rings. The van der Waals surface area contributed by atoms with Gasteiger partial charge in [0.05, 0.1) is 0 Å². The van der Waals surface area contributed by atoms with E-state index in [-0.39, 0.29) is 5.56 Å². The molecule has 0 amide bonds. The minimum atomic E-state index is -1.46. The first kappa shape index (κ1) is 12.5. The maximum Gasteiger partial charge on any atom is 0.194 e. The lowest BCUT2D eigenvalue weighted by atomic mass is 10.0. The highest BCUT2D eigenvalue weighted by Gasteiger charge is 2.18. The smallest absolute Gasteiger partial charge is 0.194 e. The lowest BCUT2D eigenvalue weighted by molar-refractivity contribution is 0.446. The maximum atomic E-state index is 13.2. The Balaban J connectivity index is 2.53. The van der Waals surface area contributed by atoms with Gasteiger partial charge in [0.2, 0.25) is 0 Å². The average molecular weight is 251 g/mol. The standard InChI is InChI=1S/C14H12F3N/c1-8-4-5-13(18(3)9(8)2)10-6-11(15)14(17)12(16)7-10/h4-7H,2H2,1,3H3. The van der Waals surface area contributed by atoms with Crippen molar-refractivity contribution in [1.29, 1.82) is 0 Å². The van der Waals surface area contributed by atoms with Gasteiger partial charge in [0.15, 0.2) is 17.5 Å². The summed E-state index contributed by atoms with van der Waals surface area (Å²) in [6, 6.07) is 1.95. The molecule has 1 aliphatic rings. The third kappa shape index (κ3) is 1.94. The Morgan fingerprint density at radius 3 is 2.17 bits per heavy atom. The van der Waals surface area contributed by atoms with Crippen LogP contribution >= 0.6 is 0 Å². The molecule has 1 nitrogen and oxygen atoms in total. The Labute approximate surface area is 104 Å². The van der Waals surface area contributed by atoms with Crippen molar-refractivity contribution in [3.8, 4) is 0 Å². The van der Waals surface area contributed by atoms with Gasteiger partial charge in [-0.15, -0.1) is 0 Å². The predicted molar refractivity (Wildman–Crippen MR) is 65.0 cm³/mol. The molecule has 0 saturated carbocycles. The summed E-state index contributed by atoms with van der Waals surface area (Å²) in [5.41, 5.74) is 2.55. The SMILES string of the molecule is C=C1C(C)=CC=C(c2cc(F)c(F)c(F)c2)N1C. The molecular formula is C14H12F3N. The average Bonchev–Trinajstić information content (AvgIpc) is 2.33. The van der Waals surface area contributed by atoms with Crippen molar-refractivity contribution in [2.24, 2.45) is 0 Å². The van der Waals surface area contributed by atoms with E-state index in [1.165, 1.54) is 0 Å². The fourth-order valence-corrected chi connectivity index (χ4v) is 1.82. The Kier molecular flexibility index (Phi) is 3.03. The van der Waals surface area contributed by atoms with E-state index in [2.05, 4.69) is 6.58 Å². The summed E-state index contributed by atoms with van der Waals surface area (Å²) in [5.74, 6) is -3.85. The molecule has 2 rings (SSSR count). The number of halogens is 3. The highest BCUT2D eigenvalue weighted by molar-refractivity contribution is 5.70. The quantitative estimate of drug-likeness (QED) is 0.685. The van der Waals surface area contributed by atoms with E-state index in [9.17, 15) is 13.2 Å². The molecule has 0 atom stereocenters. The highest BCUT2D eigenvalue weighted by Crippen LogP contribution is 2.30. The lowest BCUT2D eigenvalue weighted by Gasteiger charge is -2.28. The Hall–Kier alpha value is -1.97. The van der Waals surface area contributed by atoms with Crippen molar-refractivity contribution in [1.82, 2.24) is 4.90 Å². The van der Waals surface area contributed by atoms with Crippen LogP contribution in [0.2, 0.25) is 0 Å². The van der Waals surface area contributed by atoms with Crippen molar-refractivity contribution in [2.75, 3.05) is 7.05 Å². The molecule has 0 N–H and O–H groups in total. The van der Waals surface area contributed by atoms with Crippen LogP contribution in [0, 0.1) is 17.5 Å². The normalized spacial score (nSPS) is 15.6. The first-order valence-corrected chi connectivity index (χ1v) is 5.38. The first-order valence-electron chi connectivity index (χ1n) is 5.38. The minimum absolute atomic E-state index is 0.277. The van der Waals surface area contributed by atoms with E-state index in [0.717, 1.165) is 23.4 Å². The zero-order valence-electron chi connectivity index (χ0n) is 10.1. The number of likely N-dealkylation sites (N-methyl/N-ethyl adjacent to an activating group) is 1. The number of benzene rings is 1. The molecule has 1 heterocycles. The molecule has 0 bridgehead atoms.